The topological polar surface area (TPSA) is 91.8 Å². The molecule has 0 saturated carbocycles. The van der Waals surface area contributed by atoms with Gasteiger partial charge < -0.3 is 5.11 Å². The summed E-state index contributed by atoms with van der Waals surface area (Å²) in [6.07, 6.45) is 1.17. The fourth-order valence-corrected chi connectivity index (χ4v) is 1.25. The summed E-state index contributed by atoms with van der Waals surface area (Å²) in [5, 5.41) is 21.3. The second-order valence-electron chi connectivity index (χ2n) is 2.96. The average molecular weight is 214 g/mol. The lowest BCUT2D eigenvalue weighted by Crippen LogP contribution is -2.09. The summed E-state index contributed by atoms with van der Waals surface area (Å²) in [4.78, 5) is 14.4. The third-order valence-corrected chi connectivity index (χ3v) is 1.98. The van der Waals surface area contributed by atoms with Crippen molar-refractivity contribution in [2.75, 3.05) is 0 Å². The SMILES string of the molecule is N#Cc1ccc(-n2ncnc2C(=O)O)cc1. The maximum atomic E-state index is 10.8. The highest BCUT2D eigenvalue weighted by Crippen LogP contribution is 2.09. The van der Waals surface area contributed by atoms with Crippen molar-refractivity contribution in [2.45, 2.75) is 0 Å². The predicted molar refractivity (Wildman–Crippen MR) is 53.0 cm³/mol. The first-order chi connectivity index (χ1) is 7.72. The van der Waals surface area contributed by atoms with Gasteiger partial charge in [0.1, 0.15) is 6.33 Å². The van der Waals surface area contributed by atoms with Crippen LogP contribution in [0.4, 0.5) is 0 Å². The van der Waals surface area contributed by atoms with Crippen LogP contribution in [0.1, 0.15) is 16.2 Å². The predicted octanol–water partition coefficient (Wildman–Crippen LogP) is 0.837. The zero-order valence-electron chi connectivity index (χ0n) is 8.03. The van der Waals surface area contributed by atoms with E-state index >= 15 is 0 Å². The van der Waals surface area contributed by atoms with Gasteiger partial charge in [0.25, 0.3) is 0 Å². The van der Waals surface area contributed by atoms with E-state index in [1.165, 1.54) is 11.0 Å². The zero-order valence-corrected chi connectivity index (χ0v) is 8.03. The molecule has 1 heterocycles. The van der Waals surface area contributed by atoms with Crippen molar-refractivity contribution in [1.82, 2.24) is 14.8 Å². The number of aromatic carboxylic acids is 1. The van der Waals surface area contributed by atoms with E-state index in [2.05, 4.69) is 10.1 Å². The first-order valence-corrected chi connectivity index (χ1v) is 4.36. The Balaban J connectivity index is 2.47. The summed E-state index contributed by atoms with van der Waals surface area (Å²) in [5.74, 6) is -1.31. The molecule has 0 bridgehead atoms. The van der Waals surface area contributed by atoms with Gasteiger partial charge in [0.15, 0.2) is 0 Å². The summed E-state index contributed by atoms with van der Waals surface area (Å²) >= 11 is 0. The molecular formula is C10H6N4O2. The number of aromatic nitrogens is 3. The van der Waals surface area contributed by atoms with Crippen LogP contribution in [0.5, 0.6) is 0 Å². The minimum absolute atomic E-state index is 0.162. The van der Waals surface area contributed by atoms with E-state index in [4.69, 9.17) is 10.4 Å². The number of hydrogen-bond donors (Lipinski definition) is 1. The van der Waals surface area contributed by atoms with Crippen LogP contribution >= 0.6 is 0 Å². The van der Waals surface area contributed by atoms with Crippen LogP contribution in [0.2, 0.25) is 0 Å². The molecule has 0 fully saturated rings. The lowest BCUT2D eigenvalue weighted by molar-refractivity contribution is 0.0680. The second kappa shape index (κ2) is 3.82. The van der Waals surface area contributed by atoms with Gasteiger partial charge in [-0.3, -0.25) is 0 Å². The minimum atomic E-state index is -1.15. The number of rotatable bonds is 2. The van der Waals surface area contributed by atoms with E-state index in [0.717, 1.165) is 0 Å². The van der Waals surface area contributed by atoms with Crippen LogP contribution < -0.4 is 0 Å². The van der Waals surface area contributed by atoms with Crippen LogP contribution in [-0.4, -0.2) is 25.8 Å². The molecule has 0 saturated heterocycles. The van der Waals surface area contributed by atoms with E-state index in [1.54, 1.807) is 24.3 Å². The van der Waals surface area contributed by atoms with Gasteiger partial charge in [0.05, 0.1) is 17.3 Å². The van der Waals surface area contributed by atoms with Gasteiger partial charge in [-0.25, -0.2) is 14.5 Å². The molecule has 0 amide bonds. The number of hydrogen-bond acceptors (Lipinski definition) is 4. The van der Waals surface area contributed by atoms with Crippen LogP contribution in [0.15, 0.2) is 30.6 Å². The Kier molecular flexibility index (Phi) is 2.36. The van der Waals surface area contributed by atoms with E-state index in [1.807, 2.05) is 6.07 Å². The summed E-state index contributed by atoms with van der Waals surface area (Å²) in [6, 6.07) is 8.37. The lowest BCUT2D eigenvalue weighted by Gasteiger charge is -2.02. The number of nitriles is 1. The zero-order chi connectivity index (χ0) is 11.5. The Morgan fingerprint density at radius 2 is 2.06 bits per heavy atom. The normalized spacial score (nSPS) is 9.69. The molecule has 0 spiro atoms. The molecule has 16 heavy (non-hydrogen) atoms. The van der Waals surface area contributed by atoms with Crippen molar-refractivity contribution in [3.05, 3.63) is 42.0 Å². The third-order valence-electron chi connectivity index (χ3n) is 1.98. The highest BCUT2D eigenvalue weighted by Gasteiger charge is 2.13. The molecule has 0 atom stereocenters. The standard InChI is InChI=1S/C10H6N4O2/c11-5-7-1-3-8(4-2-7)14-9(10(15)16)12-6-13-14/h1-4,6H,(H,15,16). The quantitative estimate of drug-likeness (QED) is 0.799. The minimum Gasteiger partial charge on any atom is -0.475 e. The monoisotopic (exact) mass is 214 g/mol. The smallest absolute Gasteiger partial charge is 0.374 e. The Morgan fingerprint density at radius 3 is 2.62 bits per heavy atom. The van der Waals surface area contributed by atoms with Crippen molar-refractivity contribution in [3.63, 3.8) is 0 Å². The van der Waals surface area contributed by atoms with Gasteiger partial charge >= 0.3 is 5.97 Å². The molecule has 0 aliphatic heterocycles. The van der Waals surface area contributed by atoms with Gasteiger partial charge in [0, 0.05) is 0 Å². The molecule has 0 radical (unpaired) electrons. The molecule has 6 nitrogen and oxygen atoms in total. The number of nitrogens with zero attached hydrogens (tertiary/aromatic N) is 4. The van der Waals surface area contributed by atoms with Crippen molar-refractivity contribution < 1.29 is 9.90 Å². The summed E-state index contributed by atoms with van der Waals surface area (Å²) in [7, 11) is 0. The Hall–Kier alpha value is -2.68. The van der Waals surface area contributed by atoms with Crippen LogP contribution in [0.25, 0.3) is 5.69 Å². The molecule has 1 aromatic heterocycles. The number of benzene rings is 1. The first-order valence-electron chi connectivity index (χ1n) is 4.36. The van der Waals surface area contributed by atoms with Crippen molar-refractivity contribution >= 4 is 5.97 Å². The molecule has 0 aliphatic rings. The van der Waals surface area contributed by atoms with Gasteiger partial charge in [-0.15, -0.1) is 0 Å². The van der Waals surface area contributed by atoms with Gasteiger partial charge in [-0.2, -0.15) is 10.4 Å². The molecule has 1 N–H and O–H groups in total. The molecule has 2 aromatic rings. The Labute approximate surface area is 90.4 Å². The maximum absolute atomic E-state index is 10.8. The molecule has 2 rings (SSSR count). The average Bonchev–Trinajstić information content (AvgIpc) is 2.78. The van der Waals surface area contributed by atoms with Crippen LogP contribution in [0.3, 0.4) is 0 Å². The number of carboxylic acid groups (broad SMARTS) is 1. The third kappa shape index (κ3) is 1.62. The van der Waals surface area contributed by atoms with E-state index in [0.29, 0.717) is 11.3 Å². The molecule has 0 aliphatic carbocycles. The summed E-state index contributed by atoms with van der Waals surface area (Å²) in [6.45, 7) is 0. The molecular weight excluding hydrogens is 208 g/mol. The van der Waals surface area contributed by atoms with Crippen molar-refractivity contribution in [3.8, 4) is 11.8 Å². The Morgan fingerprint density at radius 1 is 1.38 bits per heavy atom. The molecule has 78 valence electrons. The summed E-state index contributed by atoms with van der Waals surface area (Å²) < 4.78 is 1.20. The molecule has 1 aromatic carbocycles. The molecule has 0 unspecified atom stereocenters. The Bertz CT molecular complexity index is 565. The number of carbonyl (C=O) groups is 1. The lowest BCUT2D eigenvalue weighted by atomic mass is 10.2. The van der Waals surface area contributed by atoms with Crippen LogP contribution in [-0.2, 0) is 0 Å². The first kappa shape index (κ1) is 9.86. The second-order valence-corrected chi connectivity index (χ2v) is 2.96. The van der Waals surface area contributed by atoms with Gasteiger partial charge in [-0.1, -0.05) is 0 Å². The van der Waals surface area contributed by atoms with E-state index in [-0.39, 0.29) is 5.82 Å². The summed E-state index contributed by atoms with van der Waals surface area (Å²) in [5.41, 5.74) is 1.05. The molecule has 6 heteroatoms. The van der Waals surface area contributed by atoms with Crippen molar-refractivity contribution in [2.24, 2.45) is 0 Å². The van der Waals surface area contributed by atoms with Crippen LogP contribution in [0, 0.1) is 11.3 Å². The maximum Gasteiger partial charge on any atom is 0.374 e. The number of carboxylic acids is 1. The van der Waals surface area contributed by atoms with E-state index in [9.17, 15) is 4.79 Å². The largest absolute Gasteiger partial charge is 0.475 e. The van der Waals surface area contributed by atoms with E-state index < -0.39 is 5.97 Å². The fourth-order valence-electron chi connectivity index (χ4n) is 1.25. The highest BCUT2D eigenvalue weighted by atomic mass is 16.4. The van der Waals surface area contributed by atoms with Crippen molar-refractivity contribution in [1.29, 1.82) is 5.26 Å². The fraction of sp³-hybridized carbons (Fsp3) is 0. The van der Waals surface area contributed by atoms with Gasteiger partial charge in [-0.05, 0) is 24.3 Å². The van der Waals surface area contributed by atoms with Gasteiger partial charge in [0.2, 0.25) is 5.82 Å². The highest BCUT2D eigenvalue weighted by molar-refractivity contribution is 5.83.